The van der Waals surface area contributed by atoms with Crippen LogP contribution in [0.4, 0.5) is 4.79 Å². The summed E-state index contributed by atoms with van der Waals surface area (Å²) < 4.78 is 0. The van der Waals surface area contributed by atoms with Crippen LogP contribution in [0.15, 0.2) is 17.5 Å². The summed E-state index contributed by atoms with van der Waals surface area (Å²) in [4.78, 5) is 23.9. The molecule has 1 rings (SSSR count). The first-order valence-electron chi connectivity index (χ1n) is 6.89. The van der Waals surface area contributed by atoms with E-state index in [-0.39, 0.29) is 18.6 Å². The first kappa shape index (κ1) is 16.5. The number of urea groups is 1. The number of amides is 2. The molecule has 1 aromatic heterocycles. The number of carboxylic acids is 1. The summed E-state index contributed by atoms with van der Waals surface area (Å²) in [6, 6.07) is 3.59. The molecule has 0 aromatic carbocycles. The fraction of sp³-hybridized carbons (Fsp3) is 0.571. The van der Waals surface area contributed by atoms with E-state index in [1.54, 1.807) is 11.3 Å². The molecule has 5 nitrogen and oxygen atoms in total. The van der Waals surface area contributed by atoms with Gasteiger partial charge in [0.05, 0.1) is 12.0 Å². The van der Waals surface area contributed by atoms with E-state index in [0.717, 1.165) is 17.7 Å². The lowest BCUT2D eigenvalue weighted by molar-refractivity contribution is -0.141. The summed E-state index contributed by atoms with van der Waals surface area (Å²) >= 11 is 1.60. The first-order chi connectivity index (χ1) is 9.58. The van der Waals surface area contributed by atoms with Crippen molar-refractivity contribution in [3.8, 4) is 0 Å². The third-order valence-corrected chi connectivity index (χ3v) is 4.08. The van der Waals surface area contributed by atoms with Crippen LogP contribution in [0.25, 0.3) is 0 Å². The van der Waals surface area contributed by atoms with E-state index in [0.29, 0.717) is 6.42 Å². The number of carbonyl (C=O) groups is 2. The maximum absolute atomic E-state index is 11.8. The Morgan fingerprint density at radius 3 is 2.65 bits per heavy atom. The molecule has 1 aromatic rings. The van der Waals surface area contributed by atoms with Gasteiger partial charge in [0, 0.05) is 11.4 Å². The second kappa shape index (κ2) is 8.58. The van der Waals surface area contributed by atoms with E-state index >= 15 is 0 Å². The minimum Gasteiger partial charge on any atom is -0.481 e. The number of thiophene rings is 1. The molecule has 0 fully saturated rings. The van der Waals surface area contributed by atoms with Crippen LogP contribution in [0, 0.1) is 5.92 Å². The average Bonchev–Trinajstić information content (AvgIpc) is 2.94. The zero-order valence-electron chi connectivity index (χ0n) is 11.9. The Kier molecular flexibility index (Phi) is 7.08. The topological polar surface area (TPSA) is 78.4 Å². The van der Waals surface area contributed by atoms with Crippen LogP contribution in [0.1, 0.15) is 44.0 Å². The molecule has 3 N–H and O–H groups in total. The monoisotopic (exact) mass is 298 g/mol. The van der Waals surface area contributed by atoms with Gasteiger partial charge in [-0.3, -0.25) is 4.79 Å². The van der Waals surface area contributed by atoms with Crippen molar-refractivity contribution < 1.29 is 14.7 Å². The fourth-order valence-electron chi connectivity index (χ4n) is 1.95. The van der Waals surface area contributed by atoms with Crippen LogP contribution >= 0.6 is 11.3 Å². The highest BCUT2D eigenvalue weighted by molar-refractivity contribution is 7.10. The minimum absolute atomic E-state index is 0.0237. The Hall–Kier alpha value is -1.56. The van der Waals surface area contributed by atoms with Crippen LogP contribution < -0.4 is 10.6 Å². The van der Waals surface area contributed by atoms with Crippen LogP contribution in [-0.2, 0) is 4.79 Å². The standard InChI is InChI=1S/C14H22N2O3S/c1-3-6-10(13(17)18)9-15-14(19)16-11(4-2)12-7-5-8-20-12/h5,7-8,10-11H,3-4,6,9H2,1-2H3,(H,17,18)(H2,15,16,19). The Labute approximate surface area is 123 Å². The van der Waals surface area contributed by atoms with E-state index in [1.807, 2.05) is 31.4 Å². The van der Waals surface area contributed by atoms with Crippen molar-refractivity contribution in [2.24, 2.45) is 5.92 Å². The highest BCUT2D eigenvalue weighted by atomic mass is 32.1. The zero-order valence-corrected chi connectivity index (χ0v) is 12.7. The molecule has 0 radical (unpaired) electrons. The van der Waals surface area contributed by atoms with Gasteiger partial charge in [-0.2, -0.15) is 0 Å². The number of hydrogen-bond acceptors (Lipinski definition) is 3. The summed E-state index contributed by atoms with van der Waals surface area (Å²) in [5, 5.41) is 16.5. The van der Waals surface area contributed by atoms with Crippen molar-refractivity contribution in [3.05, 3.63) is 22.4 Å². The van der Waals surface area contributed by atoms with Gasteiger partial charge in [-0.05, 0) is 24.3 Å². The molecular formula is C14H22N2O3S. The van der Waals surface area contributed by atoms with Gasteiger partial charge in [-0.1, -0.05) is 26.3 Å². The summed E-state index contributed by atoms with van der Waals surface area (Å²) in [6.07, 6.45) is 2.15. The predicted molar refractivity (Wildman–Crippen MR) is 79.9 cm³/mol. The van der Waals surface area contributed by atoms with Crippen molar-refractivity contribution in [1.29, 1.82) is 0 Å². The Morgan fingerprint density at radius 1 is 1.40 bits per heavy atom. The Bertz CT molecular complexity index is 420. The molecule has 2 unspecified atom stereocenters. The van der Waals surface area contributed by atoms with Gasteiger partial charge >= 0.3 is 12.0 Å². The van der Waals surface area contributed by atoms with Crippen molar-refractivity contribution in [2.75, 3.05) is 6.54 Å². The van der Waals surface area contributed by atoms with E-state index in [2.05, 4.69) is 10.6 Å². The minimum atomic E-state index is -0.863. The second-order valence-corrected chi connectivity index (χ2v) is 5.63. The number of nitrogens with one attached hydrogen (secondary N) is 2. The molecular weight excluding hydrogens is 276 g/mol. The fourth-order valence-corrected chi connectivity index (χ4v) is 2.81. The van der Waals surface area contributed by atoms with Gasteiger partial charge in [0.15, 0.2) is 0 Å². The second-order valence-electron chi connectivity index (χ2n) is 4.65. The van der Waals surface area contributed by atoms with Crippen molar-refractivity contribution >= 4 is 23.3 Å². The largest absolute Gasteiger partial charge is 0.481 e. The van der Waals surface area contributed by atoms with Crippen LogP contribution in [0.5, 0.6) is 0 Å². The lowest BCUT2D eigenvalue weighted by Gasteiger charge is -2.17. The normalized spacial score (nSPS) is 13.5. The van der Waals surface area contributed by atoms with Crippen molar-refractivity contribution in [2.45, 2.75) is 39.2 Å². The SMILES string of the molecule is CCCC(CNC(=O)NC(CC)c1cccs1)C(=O)O. The summed E-state index contributed by atoms with van der Waals surface area (Å²) in [6.45, 7) is 4.09. The summed E-state index contributed by atoms with van der Waals surface area (Å²) in [7, 11) is 0. The van der Waals surface area contributed by atoms with E-state index in [1.165, 1.54) is 0 Å². The molecule has 0 saturated carbocycles. The Morgan fingerprint density at radius 2 is 2.15 bits per heavy atom. The molecule has 2 atom stereocenters. The smallest absolute Gasteiger partial charge is 0.315 e. The molecule has 112 valence electrons. The molecule has 6 heteroatoms. The molecule has 0 aliphatic heterocycles. The first-order valence-corrected chi connectivity index (χ1v) is 7.77. The summed E-state index contributed by atoms with van der Waals surface area (Å²) in [5.74, 6) is -1.38. The molecule has 1 heterocycles. The lowest BCUT2D eigenvalue weighted by Crippen LogP contribution is -2.41. The van der Waals surface area contributed by atoms with E-state index in [9.17, 15) is 9.59 Å². The highest BCUT2D eigenvalue weighted by Gasteiger charge is 2.18. The average molecular weight is 298 g/mol. The molecule has 0 aliphatic carbocycles. The number of aliphatic carboxylic acids is 1. The molecule has 2 amide bonds. The van der Waals surface area contributed by atoms with Crippen LogP contribution in [0.3, 0.4) is 0 Å². The zero-order chi connectivity index (χ0) is 15.0. The van der Waals surface area contributed by atoms with Crippen molar-refractivity contribution in [3.63, 3.8) is 0 Å². The maximum atomic E-state index is 11.8. The number of hydrogen-bond donors (Lipinski definition) is 3. The van der Waals surface area contributed by atoms with Crippen molar-refractivity contribution in [1.82, 2.24) is 10.6 Å². The molecule has 0 saturated heterocycles. The van der Waals surface area contributed by atoms with Crippen LogP contribution in [0.2, 0.25) is 0 Å². The third kappa shape index (κ3) is 5.21. The Balaban J connectivity index is 2.44. The van der Waals surface area contributed by atoms with Gasteiger partial charge in [0.1, 0.15) is 0 Å². The van der Waals surface area contributed by atoms with Gasteiger partial charge in [-0.15, -0.1) is 11.3 Å². The van der Waals surface area contributed by atoms with E-state index < -0.39 is 11.9 Å². The van der Waals surface area contributed by atoms with Crippen LogP contribution in [-0.4, -0.2) is 23.7 Å². The lowest BCUT2D eigenvalue weighted by atomic mass is 10.0. The van der Waals surface area contributed by atoms with Gasteiger partial charge < -0.3 is 15.7 Å². The molecule has 0 aliphatic rings. The van der Waals surface area contributed by atoms with Gasteiger partial charge in [-0.25, -0.2) is 4.79 Å². The van der Waals surface area contributed by atoms with E-state index in [4.69, 9.17) is 5.11 Å². The molecule has 0 spiro atoms. The number of rotatable bonds is 8. The molecule has 0 bridgehead atoms. The number of carbonyl (C=O) groups excluding carboxylic acids is 1. The predicted octanol–water partition coefficient (Wildman–Crippen LogP) is 3.00. The third-order valence-electron chi connectivity index (χ3n) is 3.10. The summed E-state index contributed by atoms with van der Waals surface area (Å²) in [5.41, 5.74) is 0. The van der Waals surface area contributed by atoms with Gasteiger partial charge in [0.2, 0.25) is 0 Å². The number of carboxylic acid groups (broad SMARTS) is 1. The molecule has 20 heavy (non-hydrogen) atoms. The van der Waals surface area contributed by atoms with Gasteiger partial charge in [0.25, 0.3) is 0 Å². The maximum Gasteiger partial charge on any atom is 0.315 e. The quantitative estimate of drug-likeness (QED) is 0.690. The highest BCUT2D eigenvalue weighted by Crippen LogP contribution is 2.21.